The van der Waals surface area contributed by atoms with Crippen molar-refractivity contribution in [2.75, 3.05) is 0 Å². The number of benzene rings is 1. The standard InChI is InChI=1S/C10H4ClIN4OS/c11-7(17)8-13-14-10-16(8)15-9(18-10)5-2-1-3-6(12)4-5/h1-4H. The summed E-state index contributed by atoms with van der Waals surface area (Å²) in [5.74, 6) is 0.0415. The number of carbonyl (C=O) groups excluding carboxylic acids is 1. The summed E-state index contributed by atoms with van der Waals surface area (Å²) in [6.45, 7) is 0. The van der Waals surface area contributed by atoms with E-state index < -0.39 is 5.24 Å². The largest absolute Gasteiger partial charge is 0.291 e. The van der Waals surface area contributed by atoms with E-state index in [-0.39, 0.29) is 5.82 Å². The number of nitrogens with zero attached hydrogens (tertiary/aromatic N) is 4. The molecule has 0 fully saturated rings. The maximum absolute atomic E-state index is 11.1. The van der Waals surface area contributed by atoms with E-state index in [1.165, 1.54) is 15.9 Å². The predicted octanol–water partition coefficient (Wildman–Crippen LogP) is 2.84. The molecule has 0 atom stereocenters. The molecular formula is C10H4ClIN4OS. The summed E-state index contributed by atoms with van der Waals surface area (Å²) >= 11 is 9.00. The highest BCUT2D eigenvalue weighted by atomic mass is 127. The van der Waals surface area contributed by atoms with Crippen molar-refractivity contribution in [1.82, 2.24) is 19.8 Å². The van der Waals surface area contributed by atoms with Crippen LogP contribution in [0.4, 0.5) is 0 Å². The van der Waals surface area contributed by atoms with E-state index >= 15 is 0 Å². The molecule has 0 saturated carbocycles. The third-order valence-electron chi connectivity index (χ3n) is 2.24. The number of aromatic nitrogens is 4. The Labute approximate surface area is 124 Å². The summed E-state index contributed by atoms with van der Waals surface area (Å²) < 4.78 is 2.49. The van der Waals surface area contributed by atoms with Gasteiger partial charge in [-0.3, -0.25) is 4.79 Å². The van der Waals surface area contributed by atoms with Crippen LogP contribution in [-0.4, -0.2) is 25.1 Å². The average Bonchev–Trinajstić information content (AvgIpc) is 2.87. The van der Waals surface area contributed by atoms with Crippen LogP contribution in [0, 0.1) is 3.57 Å². The smallest absolute Gasteiger partial charge is 0.272 e. The van der Waals surface area contributed by atoms with Crippen LogP contribution in [-0.2, 0) is 0 Å². The van der Waals surface area contributed by atoms with E-state index in [2.05, 4.69) is 37.9 Å². The lowest BCUT2D eigenvalue weighted by atomic mass is 10.2. The molecule has 8 heteroatoms. The molecule has 0 radical (unpaired) electrons. The molecule has 0 unspecified atom stereocenters. The molecule has 0 N–H and O–H groups in total. The number of halogens is 2. The molecule has 0 aliphatic carbocycles. The Morgan fingerprint density at radius 3 is 2.94 bits per heavy atom. The molecule has 5 nitrogen and oxygen atoms in total. The van der Waals surface area contributed by atoms with Crippen molar-refractivity contribution >= 4 is 55.7 Å². The quantitative estimate of drug-likeness (QED) is 0.499. The van der Waals surface area contributed by atoms with Gasteiger partial charge in [0, 0.05) is 9.13 Å². The Bertz CT molecular complexity index is 753. The summed E-state index contributed by atoms with van der Waals surface area (Å²) in [6, 6.07) is 7.91. The minimum atomic E-state index is -0.665. The van der Waals surface area contributed by atoms with Crippen LogP contribution in [0.25, 0.3) is 15.5 Å². The lowest BCUT2D eigenvalue weighted by Crippen LogP contribution is -1.99. The second-order valence-electron chi connectivity index (χ2n) is 3.41. The average molecular weight is 391 g/mol. The van der Waals surface area contributed by atoms with Gasteiger partial charge in [-0.2, -0.15) is 9.61 Å². The normalized spacial score (nSPS) is 11.0. The van der Waals surface area contributed by atoms with Crippen LogP contribution < -0.4 is 0 Å². The molecule has 0 bridgehead atoms. The van der Waals surface area contributed by atoms with Crippen LogP contribution in [0.15, 0.2) is 24.3 Å². The van der Waals surface area contributed by atoms with Crippen molar-refractivity contribution in [1.29, 1.82) is 0 Å². The summed E-state index contributed by atoms with van der Waals surface area (Å²) in [4.78, 5) is 11.7. The van der Waals surface area contributed by atoms with Crippen LogP contribution in [0.1, 0.15) is 10.6 Å². The van der Waals surface area contributed by atoms with Crippen molar-refractivity contribution in [3.63, 3.8) is 0 Å². The highest BCUT2D eigenvalue weighted by molar-refractivity contribution is 14.1. The van der Waals surface area contributed by atoms with Gasteiger partial charge in [0.1, 0.15) is 5.01 Å². The third-order valence-corrected chi connectivity index (χ3v) is 4.03. The van der Waals surface area contributed by atoms with Gasteiger partial charge in [-0.15, -0.1) is 10.2 Å². The van der Waals surface area contributed by atoms with Crippen molar-refractivity contribution < 1.29 is 4.79 Å². The van der Waals surface area contributed by atoms with Gasteiger partial charge in [0.15, 0.2) is 0 Å². The number of fused-ring (bicyclic) bond motifs is 1. The molecule has 0 amide bonds. The molecule has 0 aliphatic heterocycles. The van der Waals surface area contributed by atoms with Crippen molar-refractivity contribution in [3.05, 3.63) is 33.7 Å². The van der Waals surface area contributed by atoms with E-state index in [1.807, 2.05) is 24.3 Å². The van der Waals surface area contributed by atoms with Gasteiger partial charge in [0.25, 0.3) is 5.24 Å². The summed E-state index contributed by atoms with van der Waals surface area (Å²) in [6.07, 6.45) is 0. The lowest BCUT2D eigenvalue weighted by molar-refractivity contribution is 0.107. The molecule has 0 saturated heterocycles. The Morgan fingerprint density at radius 2 is 2.22 bits per heavy atom. The molecule has 18 heavy (non-hydrogen) atoms. The first kappa shape index (κ1) is 12.0. The van der Waals surface area contributed by atoms with E-state index in [4.69, 9.17) is 11.6 Å². The molecule has 3 rings (SSSR count). The van der Waals surface area contributed by atoms with Gasteiger partial charge in [-0.1, -0.05) is 23.5 Å². The predicted molar refractivity (Wildman–Crippen MR) is 77.0 cm³/mol. The van der Waals surface area contributed by atoms with Crippen LogP contribution in [0.3, 0.4) is 0 Å². The monoisotopic (exact) mass is 390 g/mol. The lowest BCUT2D eigenvalue weighted by Gasteiger charge is -1.95. The fraction of sp³-hybridized carbons (Fsp3) is 0. The van der Waals surface area contributed by atoms with Gasteiger partial charge in [-0.25, -0.2) is 0 Å². The number of rotatable bonds is 2. The van der Waals surface area contributed by atoms with Gasteiger partial charge in [0.2, 0.25) is 10.8 Å². The fourth-order valence-corrected chi connectivity index (χ4v) is 2.97. The second kappa shape index (κ2) is 4.56. The van der Waals surface area contributed by atoms with E-state index in [0.29, 0.717) is 4.96 Å². The number of hydrogen-bond donors (Lipinski definition) is 0. The fourth-order valence-electron chi connectivity index (χ4n) is 1.48. The van der Waals surface area contributed by atoms with Crippen LogP contribution in [0.5, 0.6) is 0 Å². The van der Waals surface area contributed by atoms with E-state index in [0.717, 1.165) is 14.1 Å². The zero-order valence-corrected chi connectivity index (χ0v) is 12.4. The highest BCUT2D eigenvalue weighted by Crippen LogP contribution is 2.26. The summed E-state index contributed by atoms with van der Waals surface area (Å²) in [7, 11) is 0. The van der Waals surface area contributed by atoms with Gasteiger partial charge < -0.3 is 0 Å². The molecule has 90 valence electrons. The van der Waals surface area contributed by atoms with Gasteiger partial charge in [0.05, 0.1) is 0 Å². The van der Waals surface area contributed by atoms with Gasteiger partial charge in [-0.05, 0) is 46.3 Å². The maximum atomic E-state index is 11.1. The van der Waals surface area contributed by atoms with E-state index in [9.17, 15) is 4.79 Å². The zero-order chi connectivity index (χ0) is 12.7. The molecule has 3 aromatic rings. The molecule has 2 aromatic heterocycles. The molecule has 0 spiro atoms. The first-order valence-electron chi connectivity index (χ1n) is 4.83. The summed E-state index contributed by atoms with van der Waals surface area (Å²) in [5, 5.41) is 12.0. The molecular weight excluding hydrogens is 387 g/mol. The number of hydrogen-bond acceptors (Lipinski definition) is 5. The topological polar surface area (TPSA) is 60.2 Å². The Kier molecular flexibility index (Phi) is 3.04. The molecule has 2 heterocycles. The van der Waals surface area contributed by atoms with Crippen molar-refractivity contribution in [3.8, 4) is 10.6 Å². The van der Waals surface area contributed by atoms with Crippen LogP contribution in [0.2, 0.25) is 0 Å². The minimum Gasteiger partial charge on any atom is -0.272 e. The van der Waals surface area contributed by atoms with E-state index in [1.54, 1.807) is 0 Å². The Balaban J connectivity index is 2.17. The van der Waals surface area contributed by atoms with Gasteiger partial charge >= 0.3 is 0 Å². The number of carbonyl (C=O) groups is 1. The maximum Gasteiger partial charge on any atom is 0.291 e. The first-order valence-corrected chi connectivity index (χ1v) is 7.10. The minimum absolute atomic E-state index is 0.0415. The van der Waals surface area contributed by atoms with Crippen LogP contribution >= 0.6 is 45.5 Å². The Morgan fingerprint density at radius 1 is 1.39 bits per heavy atom. The third kappa shape index (κ3) is 2.02. The SMILES string of the molecule is O=C(Cl)c1nnc2sc(-c3cccc(I)c3)nn12. The second-order valence-corrected chi connectivity index (χ2v) is 5.95. The highest BCUT2D eigenvalue weighted by Gasteiger charge is 2.16. The Hall–Kier alpha value is -1.06. The first-order chi connectivity index (χ1) is 8.65. The molecule has 0 aliphatic rings. The zero-order valence-electron chi connectivity index (χ0n) is 8.67. The summed E-state index contributed by atoms with van der Waals surface area (Å²) in [5.41, 5.74) is 0.977. The van der Waals surface area contributed by atoms with Crippen molar-refractivity contribution in [2.45, 2.75) is 0 Å². The van der Waals surface area contributed by atoms with Crippen molar-refractivity contribution in [2.24, 2.45) is 0 Å². The molecule has 1 aromatic carbocycles.